The molecule has 0 saturated heterocycles. The van der Waals surface area contributed by atoms with Gasteiger partial charge in [-0.15, -0.1) is 0 Å². The lowest BCUT2D eigenvalue weighted by Crippen LogP contribution is -2.49. The van der Waals surface area contributed by atoms with Gasteiger partial charge in [0, 0.05) is 18.6 Å². The van der Waals surface area contributed by atoms with Crippen LogP contribution in [0.5, 0.6) is 11.5 Å². The zero-order valence-electron chi connectivity index (χ0n) is 16.3. The molecule has 0 bridgehead atoms. The van der Waals surface area contributed by atoms with Crippen LogP contribution in [-0.4, -0.2) is 43.5 Å². The number of hydrogen-bond donors (Lipinski definition) is 1. The van der Waals surface area contributed by atoms with Crippen LogP contribution in [0.1, 0.15) is 18.9 Å². The Labute approximate surface area is 170 Å². The highest BCUT2D eigenvalue weighted by atomic mass is 35.5. The van der Waals surface area contributed by atoms with Gasteiger partial charge in [-0.1, -0.05) is 36.7 Å². The number of carbonyl (C=O) groups excluding carboxylic acids is 2. The number of rotatable bonds is 9. The molecule has 2 aromatic carbocycles. The second kappa shape index (κ2) is 10.6. The number of methoxy groups -OCH3 is 1. The first-order valence-electron chi connectivity index (χ1n) is 9.00. The van der Waals surface area contributed by atoms with E-state index in [-0.39, 0.29) is 25.0 Å². The summed E-state index contributed by atoms with van der Waals surface area (Å²) >= 11 is 5.95. The monoisotopic (exact) mass is 404 g/mol. The van der Waals surface area contributed by atoms with Crippen LogP contribution in [0.2, 0.25) is 5.02 Å². The molecule has 1 atom stereocenters. The van der Waals surface area contributed by atoms with Crippen LogP contribution in [0, 0.1) is 0 Å². The highest BCUT2D eigenvalue weighted by Gasteiger charge is 2.28. The fraction of sp³-hybridized carbons (Fsp3) is 0.333. The molecule has 7 heteroatoms. The molecule has 0 unspecified atom stereocenters. The Hall–Kier alpha value is -2.73. The summed E-state index contributed by atoms with van der Waals surface area (Å²) in [4.78, 5) is 26.8. The Morgan fingerprint density at radius 2 is 1.86 bits per heavy atom. The SMILES string of the molecule is CC[C@@H](C(=O)NC)N(Cc1ccc(OC)cc1)C(=O)COc1cccc(Cl)c1. The first-order chi connectivity index (χ1) is 13.5. The van der Waals surface area contributed by atoms with Gasteiger partial charge in [0.15, 0.2) is 6.61 Å². The molecule has 1 N–H and O–H groups in total. The lowest BCUT2D eigenvalue weighted by Gasteiger charge is -2.30. The summed E-state index contributed by atoms with van der Waals surface area (Å²) in [6, 6.07) is 13.6. The van der Waals surface area contributed by atoms with Gasteiger partial charge in [0.05, 0.1) is 7.11 Å². The fourth-order valence-corrected chi connectivity index (χ4v) is 2.98. The molecule has 0 radical (unpaired) electrons. The molecular formula is C21H25ClN2O4. The molecule has 6 nitrogen and oxygen atoms in total. The summed E-state index contributed by atoms with van der Waals surface area (Å²) in [6.07, 6.45) is 0.485. The number of hydrogen-bond acceptors (Lipinski definition) is 4. The molecule has 0 aliphatic carbocycles. The third-order valence-electron chi connectivity index (χ3n) is 4.30. The van der Waals surface area contributed by atoms with Crippen molar-refractivity contribution in [2.45, 2.75) is 25.9 Å². The lowest BCUT2D eigenvalue weighted by molar-refractivity contribution is -0.142. The van der Waals surface area contributed by atoms with Gasteiger partial charge < -0.3 is 19.7 Å². The van der Waals surface area contributed by atoms with E-state index in [1.54, 1.807) is 38.4 Å². The van der Waals surface area contributed by atoms with E-state index in [2.05, 4.69) is 5.32 Å². The van der Waals surface area contributed by atoms with Gasteiger partial charge in [-0.3, -0.25) is 9.59 Å². The first kappa shape index (κ1) is 21.6. The Balaban J connectivity index is 2.17. The molecule has 0 saturated carbocycles. The number of amides is 2. The molecule has 0 aliphatic heterocycles. The number of likely N-dealkylation sites (N-methyl/N-ethyl adjacent to an activating group) is 1. The molecule has 28 heavy (non-hydrogen) atoms. The second-order valence-corrected chi connectivity index (χ2v) is 6.59. The number of halogens is 1. The van der Waals surface area contributed by atoms with Crippen molar-refractivity contribution in [3.05, 3.63) is 59.1 Å². The van der Waals surface area contributed by atoms with Gasteiger partial charge in [-0.05, 0) is 42.3 Å². The van der Waals surface area contributed by atoms with Crippen molar-refractivity contribution in [3.63, 3.8) is 0 Å². The molecule has 2 aromatic rings. The molecule has 0 fully saturated rings. The van der Waals surface area contributed by atoms with E-state index in [1.807, 2.05) is 31.2 Å². The summed E-state index contributed by atoms with van der Waals surface area (Å²) in [5.41, 5.74) is 0.888. The molecular weight excluding hydrogens is 380 g/mol. The first-order valence-corrected chi connectivity index (χ1v) is 9.38. The van der Waals surface area contributed by atoms with Gasteiger partial charge in [-0.2, -0.15) is 0 Å². The van der Waals surface area contributed by atoms with E-state index in [4.69, 9.17) is 21.1 Å². The van der Waals surface area contributed by atoms with E-state index in [9.17, 15) is 9.59 Å². The minimum Gasteiger partial charge on any atom is -0.497 e. The number of nitrogens with one attached hydrogen (secondary N) is 1. The van der Waals surface area contributed by atoms with Crippen molar-refractivity contribution in [2.75, 3.05) is 20.8 Å². The Morgan fingerprint density at radius 1 is 1.14 bits per heavy atom. The van der Waals surface area contributed by atoms with Crippen molar-refractivity contribution < 1.29 is 19.1 Å². The average molecular weight is 405 g/mol. The maximum atomic E-state index is 12.9. The van der Waals surface area contributed by atoms with Crippen LogP contribution in [0.15, 0.2) is 48.5 Å². The van der Waals surface area contributed by atoms with Crippen molar-refractivity contribution in [1.29, 1.82) is 0 Å². The predicted molar refractivity (Wildman–Crippen MR) is 109 cm³/mol. The third kappa shape index (κ3) is 5.89. The van der Waals surface area contributed by atoms with Crippen molar-refractivity contribution in [1.82, 2.24) is 10.2 Å². The van der Waals surface area contributed by atoms with Gasteiger partial charge in [-0.25, -0.2) is 0 Å². The van der Waals surface area contributed by atoms with Crippen LogP contribution in [0.3, 0.4) is 0 Å². The summed E-state index contributed by atoms with van der Waals surface area (Å²) < 4.78 is 10.8. The molecule has 0 heterocycles. The zero-order valence-corrected chi connectivity index (χ0v) is 17.0. The zero-order chi connectivity index (χ0) is 20.5. The smallest absolute Gasteiger partial charge is 0.261 e. The summed E-state index contributed by atoms with van der Waals surface area (Å²) in [6.45, 7) is 1.96. The molecule has 2 amide bonds. The molecule has 0 aromatic heterocycles. The second-order valence-electron chi connectivity index (χ2n) is 6.15. The maximum Gasteiger partial charge on any atom is 0.261 e. The summed E-state index contributed by atoms with van der Waals surface area (Å²) in [5.74, 6) is 0.723. The van der Waals surface area contributed by atoms with Crippen LogP contribution in [0.25, 0.3) is 0 Å². The Morgan fingerprint density at radius 3 is 2.43 bits per heavy atom. The lowest BCUT2D eigenvalue weighted by atomic mass is 10.1. The Bertz CT molecular complexity index is 795. The number of nitrogens with zero attached hydrogens (tertiary/aromatic N) is 1. The van der Waals surface area contributed by atoms with Crippen molar-refractivity contribution in [3.8, 4) is 11.5 Å². The minimum atomic E-state index is -0.595. The van der Waals surface area contributed by atoms with E-state index >= 15 is 0 Å². The van der Waals surface area contributed by atoms with Crippen LogP contribution in [0.4, 0.5) is 0 Å². The largest absolute Gasteiger partial charge is 0.497 e. The van der Waals surface area contributed by atoms with Crippen LogP contribution >= 0.6 is 11.6 Å². The fourth-order valence-electron chi connectivity index (χ4n) is 2.80. The Kier molecular flexibility index (Phi) is 8.14. The maximum absolute atomic E-state index is 12.9. The standard InChI is InChI=1S/C21H25ClN2O4/c1-4-19(21(26)23-2)24(13-15-8-10-17(27-3)11-9-15)20(25)14-28-18-7-5-6-16(22)12-18/h5-12,19H,4,13-14H2,1-3H3,(H,23,26)/t19-/m0/s1. The summed E-state index contributed by atoms with van der Waals surface area (Å²) in [7, 11) is 3.15. The van der Waals surface area contributed by atoms with Crippen molar-refractivity contribution >= 4 is 23.4 Å². The average Bonchev–Trinajstić information content (AvgIpc) is 2.72. The van der Waals surface area contributed by atoms with E-state index in [1.165, 1.54) is 4.90 Å². The quantitative estimate of drug-likeness (QED) is 0.696. The van der Waals surface area contributed by atoms with Gasteiger partial charge in [0.1, 0.15) is 17.5 Å². The van der Waals surface area contributed by atoms with Crippen molar-refractivity contribution in [2.24, 2.45) is 0 Å². The normalized spacial score (nSPS) is 11.4. The van der Waals surface area contributed by atoms with Gasteiger partial charge >= 0.3 is 0 Å². The van der Waals surface area contributed by atoms with E-state index in [0.717, 1.165) is 11.3 Å². The highest BCUT2D eigenvalue weighted by Crippen LogP contribution is 2.19. The highest BCUT2D eigenvalue weighted by molar-refractivity contribution is 6.30. The van der Waals surface area contributed by atoms with E-state index in [0.29, 0.717) is 17.2 Å². The molecule has 2 rings (SSSR count). The minimum absolute atomic E-state index is 0.190. The molecule has 0 aliphatic rings. The van der Waals surface area contributed by atoms with Crippen LogP contribution in [-0.2, 0) is 16.1 Å². The predicted octanol–water partition coefficient (Wildman–Crippen LogP) is 3.28. The van der Waals surface area contributed by atoms with Crippen LogP contribution < -0.4 is 14.8 Å². The van der Waals surface area contributed by atoms with Gasteiger partial charge in [0.2, 0.25) is 5.91 Å². The van der Waals surface area contributed by atoms with Gasteiger partial charge in [0.25, 0.3) is 5.91 Å². The summed E-state index contributed by atoms with van der Waals surface area (Å²) in [5, 5.41) is 3.15. The van der Waals surface area contributed by atoms with E-state index < -0.39 is 6.04 Å². The third-order valence-corrected chi connectivity index (χ3v) is 4.54. The number of ether oxygens (including phenoxy) is 2. The number of carbonyl (C=O) groups is 2. The molecule has 0 spiro atoms. The topological polar surface area (TPSA) is 67.9 Å². The molecule has 150 valence electrons. The number of benzene rings is 2.